The third kappa shape index (κ3) is 3.69. The maximum absolute atomic E-state index is 11.9. The van der Waals surface area contributed by atoms with Crippen LogP contribution in [0.2, 0.25) is 13.1 Å². The van der Waals surface area contributed by atoms with Gasteiger partial charge in [-0.3, -0.25) is 4.79 Å². The van der Waals surface area contributed by atoms with Gasteiger partial charge in [0.25, 0.3) is 0 Å². The van der Waals surface area contributed by atoms with Gasteiger partial charge in [0.05, 0.1) is 5.92 Å². The second kappa shape index (κ2) is 6.02. The van der Waals surface area contributed by atoms with Crippen molar-refractivity contribution < 1.29 is 9.22 Å². The summed E-state index contributed by atoms with van der Waals surface area (Å²) in [6, 6.07) is 0.247. The molecule has 1 aliphatic rings. The average Bonchev–Trinajstić information content (AvgIpc) is 2.21. The van der Waals surface area contributed by atoms with Gasteiger partial charge in [-0.1, -0.05) is 26.8 Å². The van der Waals surface area contributed by atoms with E-state index in [4.69, 9.17) is 4.43 Å². The van der Waals surface area contributed by atoms with Gasteiger partial charge >= 0.3 is 0 Å². The lowest BCUT2D eigenvalue weighted by atomic mass is 9.67. The Labute approximate surface area is 113 Å². The van der Waals surface area contributed by atoms with Crippen LogP contribution in [0.3, 0.4) is 0 Å². The molecule has 0 aromatic carbocycles. The fraction of sp³-hybridized carbons (Fsp3) is 0.786. The summed E-state index contributed by atoms with van der Waals surface area (Å²) in [6.07, 6.45) is 2.73. The number of nitrogens with one attached hydrogen (secondary N) is 1. The van der Waals surface area contributed by atoms with Gasteiger partial charge in [0.15, 0.2) is 9.04 Å². The minimum atomic E-state index is -1.04. The standard InChI is InChI=1S/C14H27NO2Si/c1-7-8-11-12(13(16)15-11)10(14(2,3)4)9-17-18(5)6/h7,10-12,18H,1,8-9H2,2-6H3,(H,15,16)/t10-,11?,12?/m1/s1. The molecule has 0 saturated carbocycles. The fourth-order valence-electron chi connectivity index (χ4n) is 2.49. The Morgan fingerprint density at radius 1 is 1.50 bits per heavy atom. The smallest absolute Gasteiger partial charge is 0.225 e. The highest BCUT2D eigenvalue weighted by atomic mass is 28.3. The van der Waals surface area contributed by atoms with Crippen molar-refractivity contribution >= 4 is 14.9 Å². The van der Waals surface area contributed by atoms with E-state index >= 15 is 0 Å². The average molecular weight is 269 g/mol. The largest absolute Gasteiger partial charge is 0.420 e. The lowest BCUT2D eigenvalue weighted by Crippen LogP contribution is -2.63. The zero-order valence-corrected chi connectivity index (χ0v) is 13.5. The number of hydrogen-bond acceptors (Lipinski definition) is 2. The van der Waals surface area contributed by atoms with E-state index in [1.165, 1.54) is 0 Å². The highest BCUT2D eigenvalue weighted by molar-refractivity contribution is 6.48. The predicted molar refractivity (Wildman–Crippen MR) is 78.0 cm³/mol. The van der Waals surface area contributed by atoms with Gasteiger partial charge in [-0.2, -0.15) is 0 Å². The molecule has 1 amide bonds. The van der Waals surface area contributed by atoms with Gasteiger partial charge in [-0.25, -0.2) is 0 Å². The molecule has 3 nitrogen and oxygen atoms in total. The summed E-state index contributed by atoms with van der Waals surface area (Å²) in [5.74, 6) is 0.539. The van der Waals surface area contributed by atoms with Gasteiger partial charge in [-0.05, 0) is 30.8 Å². The van der Waals surface area contributed by atoms with Crippen LogP contribution in [0.1, 0.15) is 27.2 Å². The van der Waals surface area contributed by atoms with Crippen molar-refractivity contribution in [1.29, 1.82) is 0 Å². The Morgan fingerprint density at radius 2 is 2.11 bits per heavy atom. The van der Waals surface area contributed by atoms with Crippen LogP contribution >= 0.6 is 0 Å². The van der Waals surface area contributed by atoms with E-state index in [9.17, 15) is 4.79 Å². The van der Waals surface area contributed by atoms with Crippen LogP contribution in [0.4, 0.5) is 0 Å². The Balaban J connectivity index is 2.75. The van der Waals surface area contributed by atoms with E-state index in [2.05, 4.69) is 45.8 Å². The molecule has 18 heavy (non-hydrogen) atoms. The van der Waals surface area contributed by atoms with E-state index in [0.29, 0.717) is 6.61 Å². The Hall–Kier alpha value is -0.613. The van der Waals surface area contributed by atoms with Gasteiger partial charge in [0, 0.05) is 12.6 Å². The molecule has 2 unspecified atom stereocenters. The van der Waals surface area contributed by atoms with E-state index in [1.807, 2.05) is 6.08 Å². The monoisotopic (exact) mass is 269 g/mol. The van der Waals surface area contributed by atoms with E-state index in [1.54, 1.807) is 0 Å². The van der Waals surface area contributed by atoms with Crippen LogP contribution in [0.5, 0.6) is 0 Å². The third-order valence-electron chi connectivity index (χ3n) is 3.64. The van der Waals surface area contributed by atoms with Crippen LogP contribution in [-0.2, 0) is 9.22 Å². The van der Waals surface area contributed by atoms with E-state index < -0.39 is 9.04 Å². The third-order valence-corrected chi connectivity index (χ3v) is 4.50. The van der Waals surface area contributed by atoms with Crippen molar-refractivity contribution in [1.82, 2.24) is 5.32 Å². The molecule has 1 aliphatic heterocycles. The SMILES string of the molecule is C=CCC1NC(=O)C1[C@@H](CO[SiH](C)C)C(C)(C)C. The lowest BCUT2D eigenvalue weighted by Gasteiger charge is -2.46. The number of carbonyl (C=O) groups is 1. The molecule has 0 aromatic heterocycles. The topological polar surface area (TPSA) is 38.3 Å². The van der Waals surface area contributed by atoms with Crippen LogP contribution in [-0.4, -0.2) is 27.6 Å². The summed E-state index contributed by atoms with van der Waals surface area (Å²) in [5.41, 5.74) is 0.0884. The second-order valence-corrected chi connectivity index (χ2v) is 8.95. The second-order valence-electron chi connectivity index (χ2n) is 6.52. The minimum Gasteiger partial charge on any atom is -0.420 e. The molecule has 1 saturated heterocycles. The molecule has 0 radical (unpaired) electrons. The number of amides is 1. The summed E-state index contributed by atoms with van der Waals surface area (Å²) < 4.78 is 5.90. The van der Waals surface area contributed by atoms with Gasteiger partial charge in [0.2, 0.25) is 5.91 Å². The maximum Gasteiger partial charge on any atom is 0.225 e. The molecule has 1 heterocycles. The molecule has 1 rings (SSSR count). The molecule has 0 bridgehead atoms. The highest BCUT2D eigenvalue weighted by Crippen LogP contribution is 2.38. The summed E-state index contributed by atoms with van der Waals surface area (Å²) >= 11 is 0. The fourth-order valence-corrected chi connectivity index (χ4v) is 3.08. The molecule has 1 fully saturated rings. The van der Waals surface area contributed by atoms with Crippen molar-refractivity contribution in [3.63, 3.8) is 0 Å². The lowest BCUT2D eigenvalue weighted by molar-refractivity contribution is -0.141. The zero-order chi connectivity index (χ0) is 13.9. The molecular formula is C14H27NO2Si. The molecular weight excluding hydrogens is 242 g/mol. The summed E-state index contributed by atoms with van der Waals surface area (Å²) in [4.78, 5) is 11.9. The van der Waals surface area contributed by atoms with Crippen LogP contribution in [0.15, 0.2) is 12.7 Å². The minimum absolute atomic E-state index is 0.0794. The van der Waals surface area contributed by atoms with Gasteiger partial charge in [-0.15, -0.1) is 6.58 Å². The number of rotatable bonds is 6. The highest BCUT2D eigenvalue weighted by Gasteiger charge is 2.47. The van der Waals surface area contributed by atoms with Crippen LogP contribution in [0.25, 0.3) is 0 Å². The van der Waals surface area contributed by atoms with Crippen LogP contribution in [0, 0.1) is 17.3 Å². The summed E-state index contributed by atoms with van der Waals surface area (Å²) in [5, 5.41) is 2.98. The number of hydrogen-bond donors (Lipinski definition) is 1. The quantitative estimate of drug-likeness (QED) is 0.457. The summed E-state index contributed by atoms with van der Waals surface area (Å²) in [7, 11) is -1.04. The first-order chi connectivity index (χ1) is 8.27. The van der Waals surface area contributed by atoms with Gasteiger partial charge in [0.1, 0.15) is 0 Å². The van der Waals surface area contributed by atoms with Gasteiger partial charge < -0.3 is 9.74 Å². The molecule has 3 atom stereocenters. The molecule has 1 N–H and O–H groups in total. The Bertz CT molecular complexity index is 307. The van der Waals surface area contributed by atoms with Crippen molar-refractivity contribution in [2.24, 2.45) is 17.3 Å². The molecule has 0 spiro atoms. The molecule has 4 heteroatoms. The first-order valence-corrected chi connectivity index (χ1v) is 9.58. The van der Waals surface area contributed by atoms with Crippen molar-refractivity contribution in [2.45, 2.75) is 46.3 Å². The van der Waals surface area contributed by atoms with E-state index in [0.717, 1.165) is 6.42 Å². The first kappa shape index (κ1) is 15.4. The molecule has 0 aliphatic carbocycles. The van der Waals surface area contributed by atoms with Crippen LogP contribution < -0.4 is 5.32 Å². The van der Waals surface area contributed by atoms with Crippen molar-refractivity contribution in [3.05, 3.63) is 12.7 Å². The molecule has 104 valence electrons. The van der Waals surface area contributed by atoms with Crippen molar-refractivity contribution in [2.75, 3.05) is 6.61 Å². The number of carbonyl (C=O) groups excluding carboxylic acids is 1. The molecule has 0 aromatic rings. The zero-order valence-electron chi connectivity index (χ0n) is 12.3. The Morgan fingerprint density at radius 3 is 2.50 bits per heavy atom. The van der Waals surface area contributed by atoms with E-state index in [-0.39, 0.29) is 29.2 Å². The maximum atomic E-state index is 11.9. The van der Waals surface area contributed by atoms with Crippen molar-refractivity contribution in [3.8, 4) is 0 Å². The predicted octanol–water partition coefficient (Wildman–Crippen LogP) is 2.34. The normalized spacial score (nSPS) is 25.6. The number of β-lactam (4-membered cyclic amide) rings is 1. The first-order valence-electron chi connectivity index (χ1n) is 6.80. The Kier molecular flexibility index (Phi) is 5.17. The summed E-state index contributed by atoms with van der Waals surface area (Å²) in [6.45, 7) is 15.4.